The predicted molar refractivity (Wildman–Crippen MR) is 71.3 cm³/mol. The first-order chi connectivity index (χ1) is 9.02. The van der Waals surface area contributed by atoms with Gasteiger partial charge in [0.15, 0.2) is 0 Å². The topological polar surface area (TPSA) is 84.3 Å². The molecule has 0 heterocycles. The second-order valence-electron chi connectivity index (χ2n) is 3.87. The number of carbonyl (C=O) groups is 1. The Kier molecular flexibility index (Phi) is 5.99. The second-order valence-corrected chi connectivity index (χ2v) is 4.27. The molecule has 0 aliphatic rings. The lowest BCUT2D eigenvalue weighted by Crippen LogP contribution is -2.26. The lowest BCUT2D eigenvalue weighted by molar-refractivity contribution is -0.147. The van der Waals surface area contributed by atoms with E-state index >= 15 is 0 Å². The van der Waals surface area contributed by atoms with E-state index in [9.17, 15) is 4.79 Å². The van der Waals surface area contributed by atoms with Crippen LogP contribution in [0.5, 0.6) is 5.75 Å². The van der Waals surface area contributed by atoms with Crippen molar-refractivity contribution in [2.45, 2.75) is 20.0 Å². The van der Waals surface area contributed by atoms with Crippen LogP contribution in [-0.4, -0.2) is 25.2 Å². The van der Waals surface area contributed by atoms with Crippen molar-refractivity contribution in [2.24, 2.45) is 5.11 Å². The number of halogens is 1. The van der Waals surface area contributed by atoms with Gasteiger partial charge in [-0.25, -0.2) is 0 Å². The predicted octanol–water partition coefficient (Wildman–Crippen LogP) is 3.27. The summed E-state index contributed by atoms with van der Waals surface area (Å²) in [4.78, 5) is 13.5. The molecular weight excluding hydrogens is 270 g/mol. The van der Waals surface area contributed by atoms with Gasteiger partial charge in [-0.3, -0.25) is 4.79 Å². The number of rotatable bonds is 6. The Labute approximate surface area is 115 Å². The van der Waals surface area contributed by atoms with Crippen molar-refractivity contribution in [1.82, 2.24) is 0 Å². The lowest BCUT2D eigenvalue weighted by atomic mass is 10.2. The van der Waals surface area contributed by atoms with E-state index in [0.717, 1.165) is 5.56 Å². The van der Waals surface area contributed by atoms with Crippen molar-refractivity contribution in [3.63, 3.8) is 0 Å². The largest absolute Gasteiger partial charge is 0.490 e. The molecule has 0 saturated carbocycles. The van der Waals surface area contributed by atoms with Crippen molar-refractivity contribution >= 4 is 17.6 Å². The summed E-state index contributed by atoms with van der Waals surface area (Å²) in [6, 6.07) is 5.22. The average Bonchev–Trinajstić information content (AvgIpc) is 2.36. The van der Waals surface area contributed by atoms with Crippen LogP contribution in [0.2, 0.25) is 5.02 Å². The van der Waals surface area contributed by atoms with Gasteiger partial charge in [-0.15, -0.1) is 0 Å². The Morgan fingerprint density at radius 1 is 1.58 bits per heavy atom. The molecule has 0 saturated heterocycles. The van der Waals surface area contributed by atoms with Crippen LogP contribution in [0.15, 0.2) is 23.3 Å². The Balaban J connectivity index is 2.61. The fourth-order valence-electron chi connectivity index (χ4n) is 1.38. The third kappa shape index (κ3) is 5.50. The summed E-state index contributed by atoms with van der Waals surface area (Å²) in [7, 11) is 0. The summed E-state index contributed by atoms with van der Waals surface area (Å²) in [5.74, 6) is 0.161. The van der Waals surface area contributed by atoms with E-state index < -0.39 is 12.1 Å². The maximum atomic E-state index is 10.9. The SMILES string of the molecule is CC(=O)O[C@H](CN=[N+]=[N-])COc1ccc(Cl)c(C)c1. The van der Waals surface area contributed by atoms with Crippen molar-refractivity contribution < 1.29 is 14.3 Å². The maximum Gasteiger partial charge on any atom is 0.303 e. The molecule has 0 bridgehead atoms. The molecule has 0 unspecified atom stereocenters. The molecule has 0 N–H and O–H groups in total. The number of carbonyl (C=O) groups excluding carboxylic acids is 1. The van der Waals surface area contributed by atoms with E-state index in [1.807, 2.05) is 6.92 Å². The summed E-state index contributed by atoms with van der Waals surface area (Å²) in [5.41, 5.74) is 9.15. The molecule has 102 valence electrons. The minimum absolute atomic E-state index is 0.0304. The minimum atomic E-state index is -0.607. The van der Waals surface area contributed by atoms with Crippen LogP contribution >= 0.6 is 11.6 Å². The lowest BCUT2D eigenvalue weighted by Gasteiger charge is -2.16. The smallest absolute Gasteiger partial charge is 0.303 e. The summed E-state index contributed by atoms with van der Waals surface area (Å²) in [6.07, 6.45) is -0.607. The van der Waals surface area contributed by atoms with Crippen LogP contribution in [0.4, 0.5) is 0 Å². The van der Waals surface area contributed by atoms with E-state index in [1.54, 1.807) is 18.2 Å². The van der Waals surface area contributed by atoms with Gasteiger partial charge in [0.05, 0.1) is 6.54 Å². The highest BCUT2D eigenvalue weighted by Crippen LogP contribution is 2.21. The molecule has 1 aromatic carbocycles. The van der Waals surface area contributed by atoms with Gasteiger partial charge in [0.2, 0.25) is 0 Å². The molecule has 0 aliphatic carbocycles. The zero-order chi connectivity index (χ0) is 14.3. The van der Waals surface area contributed by atoms with E-state index in [4.69, 9.17) is 26.6 Å². The van der Waals surface area contributed by atoms with Crippen molar-refractivity contribution in [3.8, 4) is 5.75 Å². The zero-order valence-corrected chi connectivity index (χ0v) is 11.4. The van der Waals surface area contributed by atoms with Crippen molar-refractivity contribution in [1.29, 1.82) is 0 Å². The average molecular weight is 284 g/mol. The van der Waals surface area contributed by atoms with Crippen molar-refractivity contribution in [2.75, 3.05) is 13.2 Å². The van der Waals surface area contributed by atoms with Crippen LogP contribution in [0.1, 0.15) is 12.5 Å². The third-order valence-electron chi connectivity index (χ3n) is 2.25. The Morgan fingerprint density at radius 2 is 2.32 bits per heavy atom. The molecule has 7 heteroatoms. The normalized spacial score (nSPS) is 11.3. The highest BCUT2D eigenvalue weighted by molar-refractivity contribution is 6.31. The number of nitrogens with zero attached hydrogens (tertiary/aromatic N) is 3. The van der Waals surface area contributed by atoms with Gasteiger partial charge in [-0.05, 0) is 36.2 Å². The highest BCUT2D eigenvalue weighted by atomic mass is 35.5. The number of hydrogen-bond acceptors (Lipinski definition) is 4. The number of benzene rings is 1. The number of esters is 1. The molecule has 0 fully saturated rings. The van der Waals surface area contributed by atoms with Gasteiger partial charge < -0.3 is 9.47 Å². The van der Waals surface area contributed by atoms with Crippen LogP contribution in [0.3, 0.4) is 0 Å². The molecule has 0 aliphatic heterocycles. The number of hydrogen-bond donors (Lipinski definition) is 0. The fraction of sp³-hybridized carbons (Fsp3) is 0.417. The molecule has 0 aromatic heterocycles. The second kappa shape index (κ2) is 7.51. The fourth-order valence-corrected chi connectivity index (χ4v) is 1.50. The summed E-state index contributed by atoms with van der Waals surface area (Å²) >= 11 is 5.90. The van der Waals surface area contributed by atoms with Crippen LogP contribution in [0, 0.1) is 6.92 Å². The minimum Gasteiger partial charge on any atom is -0.490 e. The first-order valence-corrected chi connectivity index (χ1v) is 5.97. The molecule has 1 rings (SSSR count). The monoisotopic (exact) mass is 283 g/mol. The van der Waals surface area contributed by atoms with E-state index in [0.29, 0.717) is 10.8 Å². The Morgan fingerprint density at radius 3 is 2.89 bits per heavy atom. The third-order valence-corrected chi connectivity index (χ3v) is 2.67. The highest BCUT2D eigenvalue weighted by Gasteiger charge is 2.12. The summed E-state index contributed by atoms with van der Waals surface area (Å²) in [6.45, 7) is 3.29. The summed E-state index contributed by atoms with van der Waals surface area (Å²) < 4.78 is 10.5. The number of azide groups is 1. The number of aryl methyl sites for hydroxylation is 1. The summed E-state index contributed by atoms with van der Waals surface area (Å²) in [5, 5.41) is 4.02. The Hall–Kier alpha value is -1.91. The first-order valence-electron chi connectivity index (χ1n) is 5.60. The van der Waals surface area contributed by atoms with Crippen LogP contribution < -0.4 is 4.74 Å². The molecule has 6 nitrogen and oxygen atoms in total. The van der Waals surface area contributed by atoms with Crippen LogP contribution in [0.25, 0.3) is 10.4 Å². The van der Waals surface area contributed by atoms with Gasteiger partial charge in [-0.1, -0.05) is 16.7 Å². The molecular formula is C12H14ClN3O3. The zero-order valence-electron chi connectivity index (χ0n) is 10.7. The van der Waals surface area contributed by atoms with Crippen molar-refractivity contribution in [3.05, 3.63) is 39.2 Å². The van der Waals surface area contributed by atoms with Gasteiger partial charge in [0, 0.05) is 16.9 Å². The standard InChI is InChI=1S/C12H14ClN3O3/c1-8-5-10(3-4-12(8)13)18-7-11(6-15-16-14)19-9(2)17/h3-5,11H,6-7H2,1-2H3/t11-/m1/s1. The van der Waals surface area contributed by atoms with Crippen LogP contribution in [-0.2, 0) is 9.53 Å². The molecule has 1 atom stereocenters. The van der Waals surface area contributed by atoms with Gasteiger partial charge in [0.25, 0.3) is 0 Å². The van der Waals surface area contributed by atoms with Gasteiger partial charge in [-0.2, -0.15) is 0 Å². The van der Waals surface area contributed by atoms with E-state index in [1.165, 1.54) is 6.92 Å². The van der Waals surface area contributed by atoms with Gasteiger partial charge in [0.1, 0.15) is 18.5 Å². The quantitative estimate of drug-likeness (QED) is 0.347. The first kappa shape index (κ1) is 15.1. The van der Waals surface area contributed by atoms with Gasteiger partial charge >= 0.3 is 5.97 Å². The molecule has 19 heavy (non-hydrogen) atoms. The van der Waals surface area contributed by atoms with E-state index in [2.05, 4.69) is 10.0 Å². The number of ether oxygens (including phenoxy) is 2. The molecule has 1 aromatic rings. The molecule has 0 amide bonds. The Bertz CT molecular complexity index is 497. The molecule has 0 spiro atoms. The maximum absolute atomic E-state index is 10.9. The molecule has 0 radical (unpaired) electrons. The van der Waals surface area contributed by atoms with E-state index in [-0.39, 0.29) is 13.2 Å².